The Morgan fingerprint density at radius 3 is 2.81 bits per heavy atom. The van der Waals surface area contributed by atoms with Crippen LogP contribution in [-0.4, -0.2) is 4.98 Å². The molecule has 16 heavy (non-hydrogen) atoms. The Labute approximate surface area is 109 Å². The van der Waals surface area contributed by atoms with E-state index in [0.717, 1.165) is 32.5 Å². The van der Waals surface area contributed by atoms with Gasteiger partial charge in [-0.25, -0.2) is 0 Å². The molecule has 0 atom stereocenters. The molecule has 3 heteroatoms. The van der Waals surface area contributed by atoms with E-state index >= 15 is 0 Å². The first-order chi connectivity index (χ1) is 7.58. The standard InChI is InChI=1S/C13H13BrClN/c1-8(2)6-9-7-12(15)10-4-3-5-11(14)13(10)16-9/h3-5,7-8H,6H2,1-2H3. The van der Waals surface area contributed by atoms with Crippen LogP contribution in [0.4, 0.5) is 0 Å². The number of fused-ring (bicyclic) bond motifs is 1. The lowest BCUT2D eigenvalue weighted by Gasteiger charge is -2.08. The van der Waals surface area contributed by atoms with Gasteiger partial charge in [-0.2, -0.15) is 0 Å². The molecule has 2 rings (SSSR count). The van der Waals surface area contributed by atoms with Crippen LogP contribution in [0.2, 0.25) is 5.02 Å². The molecule has 0 aliphatic rings. The predicted octanol–water partition coefficient (Wildman–Crippen LogP) is 4.85. The van der Waals surface area contributed by atoms with Crippen LogP contribution in [0.1, 0.15) is 19.5 Å². The topological polar surface area (TPSA) is 12.9 Å². The fraction of sp³-hybridized carbons (Fsp3) is 0.308. The van der Waals surface area contributed by atoms with Crippen molar-refractivity contribution in [2.45, 2.75) is 20.3 Å². The Morgan fingerprint density at radius 2 is 2.12 bits per heavy atom. The molecular formula is C13H13BrClN. The monoisotopic (exact) mass is 297 g/mol. The highest BCUT2D eigenvalue weighted by Gasteiger charge is 2.07. The molecule has 0 aliphatic carbocycles. The molecule has 1 aromatic carbocycles. The summed E-state index contributed by atoms with van der Waals surface area (Å²) in [6, 6.07) is 7.93. The quantitative estimate of drug-likeness (QED) is 0.772. The molecule has 0 saturated carbocycles. The molecule has 1 aromatic heterocycles. The van der Waals surface area contributed by atoms with Gasteiger partial charge in [-0.05, 0) is 40.4 Å². The summed E-state index contributed by atoms with van der Waals surface area (Å²) in [5, 5.41) is 1.78. The third-order valence-electron chi connectivity index (χ3n) is 2.41. The normalized spacial score (nSPS) is 11.3. The van der Waals surface area contributed by atoms with Crippen molar-refractivity contribution in [2.75, 3.05) is 0 Å². The first-order valence-corrected chi connectivity index (χ1v) is 6.48. The van der Waals surface area contributed by atoms with E-state index in [1.54, 1.807) is 0 Å². The average Bonchev–Trinajstić information content (AvgIpc) is 2.19. The maximum Gasteiger partial charge on any atom is 0.0862 e. The summed E-state index contributed by atoms with van der Waals surface area (Å²) in [5.41, 5.74) is 2.00. The van der Waals surface area contributed by atoms with Crippen LogP contribution < -0.4 is 0 Å². The fourth-order valence-electron chi connectivity index (χ4n) is 1.74. The van der Waals surface area contributed by atoms with Gasteiger partial charge in [0.05, 0.1) is 10.5 Å². The molecule has 0 unspecified atom stereocenters. The van der Waals surface area contributed by atoms with Gasteiger partial charge in [-0.1, -0.05) is 37.6 Å². The van der Waals surface area contributed by atoms with Crippen LogP contribution in [-0.2, 0) is 6.42 Å². The Balaban J connectivity index is 2.61. The number of nitrogens with zero attached hydrogens (tertiary/aromatic N) is 1. The molecule has 0 bridgehead atoms. The van der Waals surface area contributed by atoms with E-state index in [1.807, 2.05) is 24.3 Å². The van der Waals surface area contributed by atoms with E-state index in [9.17, 15) is 0 Å². The van der Waals surface area contributed by atoms with Crippen molar-refractivity contribution in [3.05, 3.63) is 39.5 Å². The lowest BCUT2D eigenvalue weighted by atomic mass is 10.1. The molecule has 2 aromatic rings. The summed E-state index contributed by atoms with van der Waals surface area (Å²) in [5.74, 6) is 0.587. The number of aromatic nitrogens is 1. The second kappa shape index (κ2) is 4.72. The molecule has 1 heterocycles. The van der Waals surface area contributed by atoms with Crippen molar-refractivity contribution in [2.24, 2.45) is 5.92 Å². The van der Waals surface area contributed by atoms with Crippen molar-refractivity contribution >= 4 is 38.4 Å². The Hall–Kier alpha value is -0.600. The summed E-state index contributed by atoms with van der Waals surface area (Å²) in [4.78, 5) is 4.64. The van der Waals surface area contributed by atoms with E-state index in [-0.39, 0.29) is 0 Å². The summed E-state index contributed by atoms with van der Waals surface area (Å²) >= 11 is 9.77. The minimum atomic E-state index is 0.587. The molecule has 84 valence electrons. The van der Waals surface area contributed by atoms with Crippen LogP contribution in [0, 0.1) is 5.92 Å². The second-order valence-electron chi connectivity index (χ2n) is 4.33. The number of halogens is 2. The van der Waals surface area contributed by atoms with Gasteiger partial charge in [0, 0.05) is 15.6 Å². The van der Waals surface area contributed by atoms with E-state index in [1.165, 1.54) is 0 Å². The highest BCUT2D eigenvalue weighted by Crippen LogP contribution is 2.28. The van der Waals surface area contributed by atoms with Crippen LogP contribution in [0.25, 0.3) is 10.9 Å². The molecule has 0 saturated heterocycles. The number of para-hydroxylation sites is 1. The van der Waals surface area contributed by atoms with E-state index < -0.39 is 0 Å². The maximum absolute atomic E-state index is 6.26. The fourth-order valence-corrected chi connectivity index (χ4v) is 2.48. The van der Waals surface area contributed by atoms with Crippen molar-refractivity contribution < 1.29 is 0 Å². The summed E-state index contributed by atoms with van der Waals surface area (Å²) < 4.78 is 0.998. The van der Waals surface area contributed by atoms with Gasteiger partial charge < -0.3 is 0 Å². The Kier molecular flexibility index (Phi) is 3.50. The van der Waals surface area contributed by atoms with Crippen molar-refractivity contribution in [3.8, 4) is 0 Å². The number of rotatable bonds is 2. The Morgan fingerprint density at radius 1 is 1.38 bits per heavy atom. The summed E-state index contributed by atoms with van der Waals surface area (Å²) in [6.45, 7) is 4.36. The Bertz CT molecular complexity index is 523. The van der Waals surface area contributed by atoms with Gasteiger partial charge in [-0.3, -0.25) is 4.98 Å². The van der Waals surface area contributed by atoms with E-state index in [2.05, 4.69) is 34.8 Å². The minimum Gasteiger partial charge on any atom is -0.252 e. The number of hydrogen-bond donors (Lipinski definition) is 0. The molecule has 0 N–H and O–H groups in total. The smallest absolute Gasteiger partial charge is 0.0862 e. The van der Waals surface area contributed by atoms with Crippen LogP contribution in [0.5, 0.6) is 0 Å². The SMILES string of the molecule is CC(C)Cc1cc(Cl)c2cccc(Br)c2n1. The first kappa shape index (κ1) is 11.9. The van der Waals surface area contributed by atoms with Crippen molar-refractivity contribution in [1.82, 2.24) is 4.98 Å². The van der Waals surface area contributed by atoms with Gasteiger partial charge in [0.25, 0.3) is 0 Å². The van der Waals surface area contributed by atoms with Gasteiger partial charge in [-0.15, -0.1) is 0 Å². The lowest BCUT2D eigenvalue weighted by Crippen LogP contribution is -1.98. The molecule has 0 radical (unpaired) electrons. The zero-order chi connectivity index (χ0) is 11.7. The first-order valence-electron chi connectivity index (χ1n) is 5.31. The molecule has 0 amide bonds. The molecule has 0 spiro atoms. The van der Waals surface area contributed by atoms with Gasteiger partial charge >= 0.3 is 0 Å². The van der Waals surface area contributed by atoms with Gasteiger partial charge in [0.2, 0.25) is 0 Å². The third kappa shape index (κ3) is 2.38. The zero-order valence-corrected chi connectivity index (χ0v) is 11.6. The minimum absolute atomic E-state index is 0.587. The molecule has 0 fully saturated rings. The largest absolute Gasteiger partial charge is 0.252 e. The number of benzene rings is 1. The average molecular weight is 299 g/mol. The van der Waals surface area contributed by atoms with Gasteiger partial charge in [0.1, 0.15) is 0 Å². The highest BCUT2D eigenvalue weighted by atomic mass is 79.9. The number of hydrogen-bond acceptors (Lipinski definition) is 1. The van der Waals surface area contributed by atoms with Crippen LogP contribution in [0.15, 0.2) is 28.7 Å². The summed E-state index contributed by atoms with van der Waals surface area (Å²) in [7, 11) is 0. The molecule has 0 aliphatic heterocycles. The highest BCUT2D eigenvalue weighted by molar-refractivity contribution is 9.10. The van der Waals surface area contributed by atoms with Crippen molar-refractivity contribution in [3.63, 3.8) is 0 Å². The lowest BCUT2D eigenvalue weighted by molar-refractivity contribution is 0.637. The predicted molar refractivity (Wildman–Crippen MR) is 73.0 cm³/mol. The number of pyridine rings is 1. The second-order valence-corrected chi connectivity index (χ2v) is 5.59. The summed E-state index contributed by atoms with van der Waals surface area (Å²) in [6.07, 6.45) is 0.955. The van der Waals surface area contributed by atoms with E-state index in [4.69, 9.17) is 11.6 Å². The van der Waals surface area contributed by atoms with Crippen LogP contribution in [0.3, 0.4) is 0 Å². The third-order valence-corrected chi connectivity index (χ3v) is 3.36. The maximum atomic E-state index is 6.26. The zero-order valence-electron chi connectivity index (χ0n) is 9.30. The van der Waals surface area contributed by atoms with Crippen LogP contribution >= 0.6 is 27.5 Å². The molecule has 1 nitrogen and oxygen atoms in total. The van der Waals surface area contributed by atoms with Gasteiger partial charge in [0.15, 0.2) is 0 Å². The van der Waals surface area contributed by atoms with E-state index in [0.29, 0.717) is 5.92 Å². The van der Waals surface area contributed by atoms with Crippen molar-refractivity contribution in [1.29, 1.82) is 0 Å². The molecular weight excluding hydrogens is 286 g/mol.